The van der Waals surface area contributed by atoms with Crippen LogP contribution in [0.1, 0.15) is 35.6 Å². The fourth-order valence-corrected chi connectivity index (χ4v) is 4.27. The fourth-order valence-electron chi connectivity index (χ4n) is 4.27. The van der Waals surface area contributed by atoms with E-state index in [-0.39, 0.29) is 5.92 Å². The van der Waals surface area contributed by atoms with Crippen molar-refractivity contribution in [1.82, 2.24) is 0 Å². The molecule has 1 N–H and O–H groups in total. The Kier molecular flexibility index (Phi) is 8.71. The van der Waals surface area contributed by atoms with Crippen LogP contribution < -0.4 is 18.9 Å². The Bertz CT molecular complexity index is 1040. The van der Waals surface area contributed by atoms with Crippen molar-refractivity contribution in [3.63, 3.8) is 0 Å². The highest BCUT2D eigenvalue weighted by Gasteiger charge is 2.25. The first-order valence-electron chi connectivity index (χ1n) is 11.1. The SMILES string of the molecule is COC1=CC(CCc2cc(OC)cc(OC)c2C(O)c2ccc(OC)cc2OC)CC(OC)=C1. The largest absolute Gasteiger partial charge is 0.501 e. The number of hydrogen-bond acceptors (Lipinski definition) is 7. The fraction of sp³-hybridized carbons (Fsp3) is 0.407. The summed E-state index contributed by atoms with van der Waals surface area (Å²) in [6.07, 6.45) is 5.35. The number of hydrogen-bond donors (Lipinski definition) is 1. The Hall–Kier alpha value is -3.32. The van der Waals surface area contributed by atoms with Crippen LogP contribution in [0.2, 0.25) is 0 Å². The van der Waals surface area contributed by atoms with Gasteiger partial charge < -0.3 is 33.5 Å². The molecule has 0 amide bonds. The number of methoxy groups -OCH3 is 6. The van der Waals surface area contributed by atoms with Crippen LogP contribution in [0.3, 0.4) is 0 Å². The molecule has 2 aromatic rings. The minimum Gasteiger partial charge on any atom is -0.501 e. The van der Waals surface area contributed by atoms with Crippen molar-refractivity contribution >= 4 is 0 Å². The molecular formula is C27H34O7. The molecule has 2 aromatic carbocycles. The summed E-state index contributed by atoms with van der Waals surface area (Å²) in [6.45, 7) is 0. The molecule has 1 aliphatic carbocycles. The Morgan fingerprint density at radius 2 is 1.53 bits per heavy atom. The predicted octanol–water partition coefficient (Wildman–Crippen LogP) is 4.82. The first-order chi connectivity index (χ1) is 16.5. The second-order valence-corrected chi connectivity index (χ2v) is 8.00. The number of aliphatic hydroxyl groups excluding tert-OH is 1. The van der Waals surface area contributed by atoms with Crippen LogP contribution in [-0.2, 0) is 15.9 Å². The van der Waals surface area contributed by atoms with E-state index < -0.39 is 6.10 Å². The smallest absolute Gasteiger partial charge is 0.128 e. The van der Waals surface area contributed by atoms with Gasteiger partial charge in [-0.3, -0.25) is 0 Å². The monoisotopic (exact) mass is 470 g/mol. The summed E-state index contributed by atoms with van der Waals surface area (Å²) in [5.74, 6) is 4.30. The summed E-state index contributed by atoms with van der Waals surface area (Å²) in [5, 5.41) is 11.5. The van der Waals surface area contributed by atoms with Gasteiger partial charge in [0.1, 0.15) is 34.9 Å². The van der Waals surface area contributed by atoms with Crippen molar-refractivity contribution < 1.29 is 33.5 Å². The lowest BCUT2D eigenvalue weighted by Crippen LogP contribution is -2.12. The third-order valence-corrected chi connectivity index (χ3v) is 6.11. The van der Waals surface area contributed by atoms with Crippen LogP contribution in [0.4, 0.5) is 0 Å². The molecule has 1 aliphatic rings. The van der Waals surface area contributed by atoms with Gasteiger partial charge in [0.2, 0.25) is 0 Å². The van der Waals surface area contributed by atoms with E-state index in [0.29, 0.717) is 40.5 Å². The number of allylic oxidation sites excluding steroid dienone is 3. The number of rotatable bonds is 11. The van der Waals surface area contributed by atoms with Crippen LogP contribution in [0.15, 0.2) is 54.0 Å². The van der Waals surface area contributed by atoms with E-state index in [1.54, 1.807) is 66.9 Å². The zero-order valence-corrected chi connectivity index (χ0v) is 20.7. The summed E-state index contributed by atoms with van der Waals surface area (Å²) < 4.78 is 33.0. The lowest BCUT2D eigenvalue weighted by atomic mass is 9.88. The summed E-state index contributed by atoms with van der Waals surface area (Å²) in [5.41, 5.74) is 2.24. The number of benzene rings is 2. The summed E-state index contributed by atoms with van der Waals surface area (Å²) in [6, 6.07) is 9.10. The molecule has 7 heteroatoms. The highest BCUT2D eigenvalue weighted by atomic mass is 16.5. The van der Waals surface area contributed by atoms with Gasteiger partial charge in [-0.2, -0.15) is 0 Å². The van der Waals surface area contributed by atoms with Gasteiger partial charge in [0.25, 0.3) is 0 Å². The zero-order valence-electron chi connectivity index (χ0n) is 20.7. The minimum atomic E-state index is -0.970. The number of aryl methyl sites for hydroxylation is 1. The van der Waals surface area contributed by atoms with Crippen LogP contribution in [-0.4, -0.2) is 47.8 Å². The highest BCUT2D eigenvalue weighted by Crippen LogP contribution is 2.41. The van der Waals surface area contributed by atoms with Crippen LogP contribution >= 0.6 is 0 Å². The average molecular weight is 471 g/mol. The summed E-state index contributed by atoms with van der Waals surface area (Å²) >= 11 is 0. The van der Waals surface area contributed by atoms with Crippen molar-refractivity contribution in [2.24, 2.45) is 5.92 Å². The summed E-state index contributed by atoms with van der Waals surface area (Å²) in [7, 11) is 9.69. The molecule has 2 unspecified atom stereocenters. The van der Waals surface area contributed by atoms with Crippen LogP contribution in [0.5, 0.6) is 23.0 Å². The first kappa shape index (κ1) is 25.3. The van der Waals surface area contributed by atoms with Crippen molar-refractivity contribution in [3.8, 4) is 23.0 Å². The molecule has 0 aliphatic heterocycles. The van der Waals surface area contributed by atoms with Crippen molar-refractivity contribution in [3.05, 3.63) is 70.7 Å². The third-order valence-electron chi connectivity index (χ3n) is 6.11. The lowest BCUT2D eigenvalue weighted by Gasteiger charge is -2.24. The quantitative estimate of drug-likeness (QED) is 0.505. The van der Waals surface area contributed by atoms with Gasteiger partial charge in [0.05, 0.1) is 48.4 Å². The first-order valence-corrected chi connectivity index (χ1v) is 11.1. The molecule has 0 fully saturated rings. The number of ether oxygens (including phenoxy) is 6. The van der Waals surface area contributed by atoms with E-state index in [0.717, 1.165) is 29.9 Å². The second-order valence-electron chi connectivity index (χ2n) is 8.00. The van der Waals surface area contributed by atoms with E-state index in [1.807, 2.05) is 12.1 Å². The molecule has 0 heterocycles. The molecule has 2 atom stereocenters. The van der Waals surface area contributed by atoms with Crippen molar-refractivity contribution in [2.45, 2.75) is 25.4 Å². The highest BCUT2D eigenvalue weighted by molar-refractivity contribution is 5.53. The van der Waals surface area contributed by atoms with Crippen LogP contribution in [0, 0.1) is 5.92 Å². The maximum absolute atomic E-state index is 11.5. The van der Waals surface area contributed by atoms with Gasteiger partial charge in [0.15, 0.2) is 0 Å². The molecular weight excluding hydrogens is 436 g/mol. The van der Waals surface area contributed by atoms with Crippen molar-refractivity contribution in [1.29, 1.82) is 0 Å². The Labute approximate surface area is 201 Å². The Morgan fingerprint density at radius 1 is 0.824 bits per heavy atom. The standard InChI is InChI=1S/C27H34O7/c1-29-19-9-10-23(24(15-19)33-5)27(28)26-18(13-22(32-4)16-25(26)34-6)8-7-17-11-20(30-2)14-21(12-17)31-3/h9-11,13-17,27-28H,7-8,12H2,1-6H3. The maximum atomic E-state index is 11.5. The molecule has 0 saturated heterocycles. The van der Waals surface area contributed by atoms with Crippen LogP contribution in [0.25, 0.3) is 0 Å². The van der Waals surface area contributed by atoms with E-state index in [4.69, 9.17) is 28.4 Å². The molecule has 0 spiro atoms. The lowest BCUT2D eigenvalue weighted by molar-refractivity contribution is 0.207. The molecule has 0 bridgehead atoms. The van der Waals surface area contributed by atoms with E-state index in [9.17, 15) is 5.11 Å². The second kappa shape index (κ2) is 11.7. The van der Waals surface area contributed by atoms with Gasteiger partial charge in [-0.15, -0.1) is 0 Å². The van der Waals surface area contributed by atoms with Gasteiger partial charge in [0, 0.05) is 35.8 Å². The molecule has 3 rings (SSSR count). The number of aliphatic hydroxyl groups is 1. The van der Waals surface area contributed by atoms with E-state index in [1.165, 1.54) is 0 Å². The molecule has 7 nitrogen and oxygen atoms in total. The van der Waals surface area contributed by atoms with Gasteiger partial charge in [-0.1, -0.05) is 0 Å². The van der Waals surface area contributed by atoms with Gasteiger partial charge >= 0.3 is 0 Å². The molecule has 0 saturated carbocycles. The third kappa shape index (κ3) is 5.59. The zero-order chi connectivity index (χ0) is 24.7. The van der Waals surface area contributed by atoms with E-state index >= 15 is 0 Å². The molecule has 0 aromatic heterocycles. The normalized spacial score (nSPS) is 16.1. The maximum Gasteiger partial charge on any atom is 0.128 e. The summed E-state index contributed by atoms with van der Waals surface area (Å²) in [4.78, 5) is 0. The minimum absolute atomic E-state index is 0.229. The molecule has 0 radical (unpaired) electrons. The topological polar surface area (TPSA) is 75.6 Å². The van der Waals surface area contributed by atoms with Gasteiger partial charge in [-0.05, 0) is 48.6 Å². The Morgan fingerprint density at radius 3 is 2.15 bits per heavy atom. The van der Waals surface area contributed by atoms with Gasteiger partial charge in [-0.25, -0.2) is 0 Å². The molecule has 34 heavy (non-hydrogen) atoms. The van der Waals surface area contributed by atoms with Crippen molar-refractivity contribution in [2.75, 3.05) is 42.7 Å². The van der Waals surface area contributed by atoms with E-state index in [2.05, 4.69) is 6.08 Å². The predicted molar refractivity (Wildman–Crippen MR) is 130 cm³/mol. The average Bonchev–Trinajstić information content (AvgIpc) is 2.89. The molecule has 184 valence electrons. The Balaban J connectivity index is 1.98.